The van der Waals surface area contributed by atoms with Gasteiger partial charge in [-0.2, -0.15) is 5.10 Å². The molecule has 1 amide bonds. The van der Waals surface area contributed by atoms with Crippen molar-refractivity contribution in [3.63, 3.8) is 0 Å². The Balaban J connectivity index is 1.72. The van der Waals surface area contributed by atoms with Crippen LogP contribution in [0.1, 0.15) is 37.2 Å². The number of nitrogens with one attached hydrogen (secondary N) is 1. The minimum Gasteiger partial charge on any atom is -0.378 e. The monoisotopic (exact) mass is 329 g/mol. The van der Waals surface area contributed by atoms with E-state index < -0.39 is 0 Å². The number of aromatic amines is 1. The molecule has 0 bridgehead atoms. The van der Waals surface area contributed by atoms with Crippen molar-refractivity contribution in [3.8, 4) is 0 Å². The molecule has 1 N–H and O–H groups in total. The van der Waals surface area contributed by atoms with Crippen LogP contribution in [0.2, 0.25) is 0 Å². The predicted octanol–water partition coefficient (Wildman–Crippen LogP) is 2.20. The first-order valence-corrected chi connectivity index (χ1v) is 8.44. The number of fused-ring (bicyclic) bond motifs is 1. The van der Waals surface area contributed by atoms with E-state index in [2.05, 4.69) is 24.0 Å². The van der Waals surface area contributed by atoms with E-state index in [0.29, 0.717) is 35.5 Å². The second kappa shape index (κ2) is 7.13. The van der Waals surface area contributed by atoms with Gasteiger partial charge in [0.15, 0.2) is 5.69 Å². The number of aromatic nitrogens is 2. The van der Waals surface area contributed by atoms with Gasteiger partial charge in [-0.05, 0) is 24.8 Å². The number of likely N-dealkylation sites (tertiary alicyclic amines) is 1. The molecule has 1 aliphatic heterocycles. The number of carbonyl (C=O) groups is 1. The van der Waals surface area contributed by atoms with Crippen LogP contribution < -0.4 is 5.56 Å². The number of piperidine rings is 1. The molecule has 0 aliphatic carbocycles. The maximum atomic E-state index is 12.8. The number of H-pyrrole nitrogens is 1. The maximum Gasteiger partial charge on any atom is 0.274 e. The average molecular weight is 329 g/mol. The minimum atomic E-state index is -0.275. The van der Waals surface area contributed by atoms with Gasteiger partial charge in [0.2, 0.25) is 0 Å². The molecular weight excluding hydrogens is 306 g/mol. The van der Waals surface area contributed by atoms with Crippen molar-refractivity contribution in [3.05, 3.63) is 40.3 Å². The van der Waals surface area contributed by atoms with Crippen LogP contribution in [0.4, 0.5) is 0 Å². The lowest BCUT2D eigenvalue weighted by Gasteiger charge is -2.32. The van der Waals surface area contributed by atoms with Gasteiger partial charge in [-0.15, -0.1) is 0 Å². The lowest BCUT2D eigenvalue weighted by Crippen LogP contribution is -2.41. The summed E-state index contributed by atoms with van der Waals surface area (Å²) in [5, 5.41) is 7.52. The van der Waals surface area contributed by atoms with Crippen molar-refractivity contribution in [2.75, 3.05) is 19.7 Å². The van der Waals surface area contributed by atoms with Gasteiger partial charge in [0, 0.05) is 25.1 Å². The summed E-state index contributed by atoms with van der Waals surface area (Å²) in [6.45, 7) is 6.31. The van der Waals surface area contributed by atoms with E-state index in [-0.39, 0.29) is 17.6 Å². The average Bonchev–Trinajstić information content (AvgIpc) is 2.60. The first-order valence-electron chi connectivity index (χ1n) is 8.44. The summed E-state index contributed by atoms with van der Waals surface area (Å²) >= 11 is 0. The molecule has 2 aromatic rings. The Bertz CT molecular complexity index is 776. The Morgan fingerprint density at radius 2 is 1.96 bits per heavy atom. The predicted molar refractivity (Wildman–Crippen MR) is 92.1 cm³/mol. The van der Waals surface area contributed by atoms with E-state index >= 15 is 0 Å². The Labute approximate surface area is 140 Å². The lowest BCUT2D eigenvalue weighted by molar-refractivity contribution is -0.00240. The van der Waals surface area contributed by atoms with Gasteiger partial charge in [0.05, 0.1) is 11.5 Å². The number of hydrogen-bond donors (Lipinski definition) is 1. The first-order chi connectivity index (χ1) is 11.6. The largest absolute Gasteiger partial charge is 0.378 e. The molecular formula is C18H23N3O3. The standard InChI is InChI=1S/C18H23N3O3/c1-12(2)11-24-13-7-9-21(10-8-13)18(23)16-14-5-3-4-6-15(14)17(22)20-19-16/h3-6,12-13H,7-11H2,1-2H3,(H,20,22). The SMILES string of the molecule is CC(C)COC1CCN(C(=O)c2n[nH]c(=O)c3ccccc23)CC1. The zero-order valence-corrected chi connectivity index (χ0v) is 14.1. The summed E-state index contributed by atoms with van der Waals surface area (Å²) in [6.07, 6.45) is 1.89. The van der Waals surface area contributed by atoms with Crippen LogP contribution in [-0.2, 0) is 4.74 Å². The second-order valence-corrected chi connectivity index (χ2v) is 6.67. The summed E-state index contributed by atoms with van der Waals surface area (Å²) in [5.74, 6) is 0.381. The molecule has 1 aromatic carbocycles. The highest BCUT2D eigenvalue weighted by molar-refractivity contribution is 6.04. The van der Waals surface area contributed by atoms with E-state index in [1.807, 2.05) is 6.07 Å². The van der Waals surface area contributed by atoms with Crippen LogP contribution in [0, 0.1) is 5.92 Å². The zero-order valence-electron chi connectivity index (χ0n) is 14.1. The fraction of sp³-hybridized carbons (Fsp3) is 0.500. The molecule has 1 aliphatic rings. The lowest BCUT2D eigenvalue weighted by atomic mass is 10.1. The molecule has 0 radical (unpaired) electrons. The van der Waals surface area contributed by atoms with Gasteiger partial charge < -0.3 is 9.64 Å². The number of rotatable bonds is 4. The highest BCUT2D eigenvalue weighted by atomic mass is 16.5. The van der Waals surface area contributed by atoms with Gasteiger partial charge in [0.1, 0.15) is 0 Å². The fourth-order valence-corrected chi connectivity index (χ4v) is 2.98. The van der Waals surface area contributed by atoms with Crippen LogP contribution in [0.15, 0.2) is 29.1 Å². The third-order valence-corrected chi connectivity index (χ3v) is 4.29. The van der Waals surface area contributed by atoms with Crippen molar-refractivity contribution in [1.29, 1.82) is 0 Å². The number of amides is 1. The van der Waals surface area contributed by atoms with Gasteiger partial charge in [0.25, 0.3) is 11.5 Å². The van der Waals surface area contributed by atoms with Crippen molar-refractivity contribution < 1.29 is 9.53 Å². The molecule has 0 spiro atoms. The smallest absolute Gasteiger partial charge is 0.274 e. The molecule has 2 heterocycles. The van der Waals surface area contributed by atoms with Crippen molar-refractivity contribution in [2.24, 2.45) is 5.92 Å². The number of carbonyl (C=O) groups excluding carboxylic acids is 1. The molecule has 24 heavy (non-hydrogen) atoms. The van der Waals surface area contributed by atoms with Crippen molar-refractivity contribution in [1.82, 2.24) is 15.1 Å². The number of nitrogens with zero attached hydrogens (tertiary/aromatic N) is 2. The second-order valence-electron chi connectivity index (χ2n) is 6.67. The first kappa shape index (κ1) is 16.6. The third-order valence-electron chi connectivity index (χ3n) is 4.29. The third kappa shape index (κ3) is 3.48. The number of benzene rings is 1. The normalized spacial score (nSPS) is 16.0. The number of hydrogen-bond acceptors (Lipinski definition) is 4. The summed E-state index contributed by atoms with van der Waals surface area (Å²) in [6, 6.07) is 7.07. The van der Waals surface area contributed by atoms with E-state index in [4.69, 9.17) is 4.74 Å². The van der Waals surface area contributed by atoms with Crippen LogP contribution in [0.3, 0.4) is 0 Å². The Morgan fingerprint density at radius 3 is 2.62 bits per heavy atom. The Hall–Kier alpha value is -2.21. The Kier molecular flexibility index (Phi) is 4.94. The van der Waals surface area contributed by atoms with Gasteiger partial charge in [-0.3, -0.25) is 9.59 Å². The van der Waals surface area contributed by atoms with Crippen molar-refractivity contribution in [2.45, 2.75) is 32.8 Å². The molecule has 6 nitrogen and oxygen atoms in total. The van der Waals surface area contributed by atoms with E-state index in [0.717, 1.165) is 19.4 Å². The molecule has 0 saturated carbocycles. The number of ether oxygens (including phenoxy) is 1. The molecule has 6 heteroatoms. The van der Waals surface area contributed by atoms with Crippen LogP contribution in [0.25, 0.3) is 10.8 Å². The van der Waals surface area contributed by atoms with Gasteiger partial charge >= 0.3 is 0 Å². The van der Waals surface area contributed by atoms with Crippen molar-refractivity contribution >= 4 is 16.7 Å². The van der Waals surface area contributed by atoms with Crippen LogP contribution in [-0.4, -0.2) is 46.8 Å². The molecule has 1 saturated heterocycles. The molecule has 1 fully saturated rings. The van der Waals surface area contributed by atoms with E-state index in [9.17, 15) is 9.59 Å². The molecule has 1 aromatic heterocycles. The van der Waals surface area contributed by atoms with Crippen LogP contribution in [0.5, 0.6) is 0 Å². The maximum absolute atomic E-state index is 12.8. The Morgan fingerprint density at radius 1 is 1.29 bits per heavy atom. The van der Waals surface area contributed by atoms with Crippen LogP contribution >= 0.6 is 0 Å². The summed E-state index contributed by atoms with van der Waals surface area (Å²) in [7, 11) is 0. The summed E-state index contributed by atoms with van der Waals surface area (Å²) in [5.41, 5.74) is 0.0368. The topological polar surface area (TPSA) is 75.3 Å². The van der Waals surface area contributed by atoms with Gasteiger partial charge in [-0.25, -0.2) is 5.10 Å². The quantitative estimate of drug-likeness (QED) is 0.933. The fourth-order valence-electron chi connectivity index (χ4n) is 2.98. The minimum absolute atomic E-state index is 0.134. The highest BCUT2D eigenvalue weighted by Crippen LogP contribution is 2.19. The molecule has 3 rings (SSSR count). The zero-order chi connectivity index (χ0) is 17.1. The molecule has 0 atom stereocenters. The molecule has 0 unspecified atom stereocenters. The van der Waals surface area contributed by atoms with E-state index in [1.54, 1.807) is 23.1 Å². The van der Waals surface area contributed by atoms with Gasteiger partial charge in [-0.1, -0.05) is 32.0 Å². The van der Waals surface area contributed by atoms with E-state index in [1.165, 1.54) is 0 Å². The molecule has 128 valence electrons. The highest BCUT2D eigenvalue weighted by Gasteiger charge is 2.26. The summed E-state index contributed by atoms with van der Waals surface area (Å²) < 4.78 is 5.86. The summed E-state index contributed by atoms with van der Waals surface area (Å²) in [4.78, 5) is 26.4.